The van der Waals surface area contributed by atoms with E-state index in [1.807, 2.05) is 17.7 Å². The van der Waals surface area contributed by atoms with Crippen LogP contribution in [0, 0.1) is 0 Å². The molecule has 0 fully saturated rings. The van der Waals surface area contributed by atoms with Gasteiger partial charge in [-0.2, -0.15) is 0 Å². The molecule has 1 heterocycles. The molecule has 0 spiro atoms. The van der Waals surface area contributed by atoms with Gasteiger partial charge >= 0.3 is 0 Å². The molecule has 1 aromatic rings. The van der Waals surface area contributed by atoms with E-state index in [0.717, 1.165) is 12.4 Å². The summed E-state index contributed by atoms with van der Waals surface area (Å²) in [6, 6.07) is 0. The molecule has 0 aliphatic rings. The maximum Gasteiger partial charge on any atom is 0.233 e. The molecule has 0 aliphatic heterocycles. The summed E-state index contributed by atoms with van der Waals surface area (Å²) in [6.45, 7) is 2.76. The molecule has 6 heteroatoms. The van der Waals surface area contributed by atoms with E-state index in [2.05, 4.69) is 4.98 Å². The summed E-state index contributed by atoms with van der Waals surface area (Å²) in [5.41, 5.74) is 0. The Labute approximate surface area is 82.0 Å². The van der Waals surface area contributed by atoms with Crippen LogP contribution in [0.25, 0.3) is 0 Å². The van der Waals surface area contributed by atoms with E-state index in [-0.39, 0.29) is 5.75 Å². The zero-order valence-electron chi connectivity index (χ0n) is 7.27. The number of aromatic nitrogens is 2. The highest BCUT2D eigenvalue weighted by Crippen LogP contribution is 2.03. The van der Waals surface area contributed by atoms with Gasteiger partial charge in [0.25, 0.3) is 0 Å². The number of nitrogens with zero attached hydrogens (tertiary/aromatic N) is 2. The second-order valence-corrected chi connectivity index (χ2v) is 5.52. The van der Waals surface area contributed by atoms with Crippen LogP contribution in [-0.2, 0) is 22.0 Å². The minimum Gasteiger partial charge on any atom is -0.335 e. The van der Waals surface area contributed by atoms with Gasteiger partial charge in [0.1, 0.15) is 5.82 Å². The second-order valence-electron chi connectivity index (χ2n) is 2.62. The topological polar surface area (TPSA) is 52.0 Å². The Balaban J connectivity index is 2.64. The van der Waals surface area contributed by atoms with Crippen LogP contribution in [0.5, 0.6) is 0 Å². The summed E-state index contributed by atoms with van der Waals surface area (Å²) < 4.78 is 23.2. The van der Waals surface area contributed by atoms with Crippen molar-refractivity contribution < 1.29 is 8.42 Å². The van der Waals surface area contributed by atoms with Gasteiger partial charge in [-0.05, 0) is 6.92 Å². The second kappa shape index (κ2) is 4.11. The molecule has 0 aromatic carbocycles. The van der Waals surface area contributed by atoms with Gasteiger partial charge in [0, 0.05) is 36.0 Å². The van der Waals surface area contributed by atoms with Gasteiger partial charge in [-0.25, -0.2) is 13.4 Å². The van der Waals surface area contributed by atoms with Crippen LogP contribution < -0.4 is 0 Å². The van der Waals surface area contributed by atoms with E-state index in [4.69, 9.17) is 10.7 Å². The largest absolute Gasteiger partial charge is 0.335 e. The lowest BCUT2D eigenvalue weighted by molar-refractivity contribution is 0.606. The third-order valence-electron chi connectivity index (χ3n) is 1.71. The van der Waals surface area contributed by atoms with Crippen LogP contribution in [0.3, 0.4) is 0 Å². The van der Waals surface area contributed by atoms with Crippen molar-refractivity contribution in [3.63, 3.8) is 0 Å². The molecular weight excluding hydrogens is 212 g/mol. The van der Waals surface area contributed by atoms with Gasteiger partial charge in [-0.3, -0.25) is 0 Å². The SMILES string of the molecule is CCn1ccnc1CCS(=O)(=O)Cl. The van der Waals surface area contributed by atoms with Crippen molar-refractivity contribution in [2.24, 2.45) is 0 Å². The quantitative estimate of drug-likeness (QED) is 0.715. The Morgan fingerprint density at radius 1 is 1.62 bits per heavy atom. The molecule has 0 radical (unpaired) electrons. The highest BCUT2D eigenvalue weighted by atomic mass is 35.7. The minimum absolute atomic E-state index is 0.0639. The van der Waals surface area contributed by atoms with Gasteiger partial charge in [-0.1, -0.05) is 0 Å². The molecule has 0 aliphatic carbocycles. The molecule has 13 heavy (non-hydrogen) atoms. The van der Waals surface area contributed by atoms with Crippen LogP contribution in [0.4, 0.5) is 0 Å². The summed E-state index contributed by atoms with van der Waals surface area (Å²) in [5, 5.41) is 0. The summed E-state index contributed by atoms with van der Waals surface area (Å²) in [4.78, 5) is 4.03. The van der Waals surface area contributed by atoms with E-state index in [1.165, 1.54) is 0 Å². The number of rotatable bonds is 4. The fourth-order valence-corrected chi connectivity index (χ4v) is 1.73. The average molecular weight is 223 g/mol. The first kappa shape index (κ1) is 10.5. The number of aryl methyl sites for hydroxylation is 2. The summed E-state index contributed by atoms with van der Waals surface area (Å²) in [6.07, 6.45) is 3.84. The van der Waals surface area contributed by atoms with Crippen molar-refractivity contribution >= 4 is 19.7 Å². The van der Waals surface area contributed by atoms with Crippen LogP contribution in [0.2, 0.25) is 0 Å². The molecule has 0 saturated carbocycles. The highest BCUT2D eigenvalue weighted by molar-refractivity contribution is 8.13. The standard InChI is InChI=1S/C7H11ClN2O2S/c1-2-10-5-4-9-7(10)3-6-13(8,11)12/h4-5H,2-3,6H2,1H3. The van der Waals surface area contributed by atoms with E-state index in [9.17, 15) is 8.42 Å². The number of hydrogen-bond acceptors (Lipinski definition) is 3. The fourth-order valence-electron chi connectivity index (χ4n) is 1.07. The zero-order chi connectivity index (χ0) is 9.90. The first-order valence-corrected chi connectivity index (χ1v) is 6.43. The lowest BCUT2D eigenvalue weighted by atomic mass is 10.4. The van der Waals surface area contributed by atoms with Crippen molar-refractivity contribution in [3.05, 3.63) is 18.2 Å². The van der Waals surface area contributed by atoms with Crippen molar-refractivity contribution in [1.29, 1.82) is 0 Å². The number of imidazole rings is 1. The first-order valence-electron chi connectivity index (χ1n) is 3.95. The monoisotopic (exact) mass is 222 g/mol. The number of halogens is 1. The molecule has 0 unspecified atom stereocenters. The maximum atomic E-state index is 10.7. The van der Waals surface area contributed by atoms with Crippen LogP contribution in [0.15, 0.2) is 12.4 Å². The van der Waals surface area contributed by atoms with E-state index < -0.39 is 9.05 Å². The van der Waals surface area contributed by atoms with Gasteiger partial charge in [0.05, 0.1) is 5.75 Å². The third kappa shape index (κ3) is 3.36. The predicted octanol–water partition coefficient (Wildman–Crippen LogP) is 1.01. The Kier molecular flexibility index (Phi) is 3.33. The van der Waals surface area contributed by atoms with E-state index >= 15 is 0 Å². The van der Waals surface area contributed by atoms with Crippen molar-refractivity contribution in [2.75, 3.05) is 5.75 Å². The van der Waals surface area contributed by atoms with E-state index in [1.54, 1.807) is 6.20 Å². The maximum absolute atomic E-state index is 10.7. The molecule has 0 bridgehead atoms. The average Bonchev–Trinajstić information content (AvgIpc) is 2.46. The molecule has 0 N–H and O–H groups in total. The number of hydrogen-bond donors (Lipinski definition) is 0. The van der Waals surface area contributed by atoms with Crippen LogP contribution in [-0.4, -0.2) is 23.7 Å². The van der Waals surface area contributed by atoms with E-state index in [0.29, 0.717) is 6.42 Å². The van der Waals surface area contributed by atoms with Gasteiger partial charge in [-0.15, -0.1) is 0 Å². The van der Waals surface area contributed by atoms with Crippen LogP contribution >= 0.6 is 10.7 Å². The summed E-state index contributed by atoms with van der Waals surface area (Å²) >= 11 is 0. The van der Waals surface area contributed by atoms with Crippen LogP contribution in [0.1, 0.15) is 12.7 Å². The summed E-state index contributed by atoms with van der Waals surface area (Å²) in [7, 11) is 1.67. The summed E-state index contributed by atoms with van der Waals surface area (Å²) in [5.74, 6) is 0.692. The molecule has 1 rings (SSSR count). The first-order chi connectivity index (χ1) is 6.03. The Morgan fingerprint density at radius 2 is 2.31 bits per heavy atom. The molecule has 0 saturated heterocycles. The Bertz CT molecular complexity index is 372. The smallest absolute Gasteiger partial charge is 0.233 e. The fraction of sp³-hybridized carbons (Fsp3) is 0.571. The zero-order valence-corrected chi connectivity index (χ0v) is 8.85. The molecule has 1 aromatic heterocycles. The Morgan fingerprint density at radius 3 is 2.85 bits per heavy atom. The highest BCUT2D eigenvalue weighted by Gasteiger charge is 2.08. The molecule has 0 amide bonds. The molecule has 4 nitrogen and oxygen atoms in total. The van der Waals surface area contributed by atoms with Crippen molar-refractivity contribution in [1.82, 2.24) is 9.55 Å². The predicted molar refractivity (Wildman–Crippen MR) is 51.2 cm³/mol. The third-order valence-corrected chi connectivity index (χ3v) is 2.87. The van der Waals surface area contributed by atoms with Gasteiger partial charge in [0.2, 0.25) is 9.05 Å². The van der Waals surface area contributed by atoms with Crippen molar-refractivity contribution in [2.45, 2.75) is 19.9 Å². The lowest BCUT2D eigenvalue weighted by Crippen LogP contribution is -2.07. The molecular formula is C7H11ClN2O2S. The minimum atomic E-state index is -3.41. The molecule has 74 valence electrons. The van der Waals surface area contributed by atoms with Gasteiger partial charge in [0.15, 0.2) is 0 Å². The van der Waals surface area contributed by atoms with Crippen molar-refractivity contribution in [3.8, 4) is 0 Å². The Hall–Kier alpha value is -0.550. The molecule has 0 atom stereocenters. The normalized spacial score (nSPS) is 11.8. The lowest BCUT2D eigenvalue weighted by Gasteiger charge is -2.02. The van der Waals surface area contributed by atoms with Gasteiger partial charge < -0.3 is 4.57 Å².